The Bertz CT molecular complexity index is 674. The first kappa shape index (κ1) is 16.9. The Morgan fingerprint density at radius 3 is 2.79 bits per heavy atom. The van der Waals surface area contributed by atoms with Crippen LogP contribution in [0.4, 0.5) is 8.78 Å². The average Bonchev–Trinajstić information content (AvgIpc) is 3.05. The van der Waals surface area contributed by atoms with E-state index in [1.165, 1.54) is 6.20 Å². The predicted molar refractivity (Wildman–Crippen MR) is 88.0 cm³/mol. The second-order valence-corrected chi connectivity index (χ2v) is 6.42. The SMILES string of the molecule is COc1ccccc1[C@H]1C[C@@H](C)CCN1Cc1ccn(C(F)F)n1. The van der Waals surface area contributed by atoms with Gasteiger partial charge in [0.2, 0.25) is 0 Å². The van der Waals surface area contributed by atoms with Crippen LogP contribution in [0.3, 0.4) is 0 Å². The van der Waals surface area contributed by atoms with Crippen LogP contribution in [0.5, 0.6) is 5.75 Å². The van der Waals surface area contributed by atoms with Gasteiger partial charge in [0.25, 0.3) is 0 Å². The largest absolute Gasteiger partial charge is 0.496 e. The molecule has 24 heavy (non-hydrogen) atoms. The lowest BCUT2D eigenvalue weighted by atomic mass is 9.88. The lowest BCUT2D eigenvalue weighted by molar-refractivity contribution is 0.0548. The summed E-state index contributed by atoms with van der Waals surface area (Å²) in [4.78, 5) is 2.32. The van der Waals surface area contributed by atoms with E-state index in [0.29, 0.717) is 22.8 Å². The van der Waals surface area contributed by atoms with Gasteiger partial charge in [0, 0.05) is 24.3 Å². The van der Waals surface area contributed by atoms with Crippen molar-refractivity contribution >= 4 is 0 Å². The van der Waals surface area contributed by atoms with E-state index >= 15 is 0 Å². The van der Waals surface area contributed by atoms with Crippen molar-refractivity contribution in [3.05, 3.63) is 47.8 Å². The van der Waals surface area contributed by atoms with E-state index in [1.54, 1.807) is 13.2 Å². The first-order chi connectivity index (χ1) is 11.6. The molecule has 4 nitrogen and oxygen atoms in total. The van der Waals surface area contributed by atoms with E-state index < -0.39 is 6.55 Å². The van der Waals surface area contributed by atoms with Crippen molar-refractivity contribution in [3.63, 3.8) is 0 Å². The maximum absolute atomic E-state index is 12.7. The van der Waals surface area contributed by atoms with Crippen LogP contribution >= 0.6 is 0 Å². The molecule has 1 aliphatic heterocycles. The first-order valence-electron chi connectivity index (χ1n) is 8.27. The first-order valence-corrected chi connectivity index (χ1v) is 8.27. The summed E-state index contributed by atoms with van der Waals surface area (Å²) in [6, 6.07) is 9.92. The van der Waals surface area contributed by atoms with Gasteiger partial charge in [0.1, 0.15) is 5.75 Å². The highest BCUT2D eigenvalue weighted by Crippen LogP contribution is 2.38. The molecule has 2 aromatic rings. The summed E-state index contributed by atoms with van der Waals surface area (Å²) in [6.07, 6.45) is 3.46. The summed E-state index contributed by atoms with van der Waals surface area (Å²) in [6.45, 7) is 1.15. The summed E-state index contributed by atoms with van der Waals surface area (Å²) in [5.74, 6) is 1.49. The second kappa shape index (κ2) is 7.30. The van der Waals surface area contributed by atoms with E-state index in [0.717, 1.165) is 30.7 Å². The zero-order valence-electron chi connectivity index (χ0n) is 14.0. The fourth-order valence-electron chi connectivity index (χ4n) is 3.42. The number of ether oxygens (including phenoxy) is 1. The van der Waals surface area contributed by atoms with E-state index in [4.69, 9.17) is 4.74 Å². The van der Waals surface area contributed by atoms with E-state index in [9.17, 15) is 8.78 Å². The molecule has 0 unspecified atom stereocenters. The van der Waals surface area contributed by atoms with E-state index in [2.05, 4.69) is 23.0 Å². The fraction of sp³-hybridized carbons (Fsp3) is 0.500. The molecule has 0 radical (unpaired) electrons. The van der Waals surface area contributed by atoms with Crippen molar-refractivity contribution in [2.75, 3.05) is 13.7 Å². The highest BCUT2D eigenvalue weighted by atomic mass is 19.3. The summed E-state index contributed by atoms with van der Waals surface area (Å²) >= 11 is 0. The summed E-state index contributed by atoms with van der Waals surface area (Å²) in [5.41, 5.74) is 1.82. The molecule has 1 aromatic heterocycles. The molecule has 0 saturated carbocycles. The van der Waals surface area contributed by atoms with Crippen molar-refractivity contribution in [2.24, 2.45) is 5.92 Å². The van der Waals surface area contributed by atoms with Crippen molar-refractivity contribution in [3.8, 4) is 5.75 Å². The lowest BCUT2D eigenvalue weighted by Gasteiger charge is -2.39. The van der Waals surface area contributed by atoms with Crippen LogP contribution in [0.25, 0.3) is 0 Å². The Hall–Kier alpha value is -1.95. The van der Waals surface area contributed by atoms with Gasteiger partial charge in [0.15, 0.2) is 0 Å². The van der Waals surface area contributed by atoms with E-state index in [1.807, 2.05) is 18.2 Å². The molecule has 1 aromatic carbocycles. The molecular formula is C18H23F2N3O. The summed E-state index contributed by atoms with van der Waals surface area (Å²) in [5, 5.41) is 3.99. The van der Waals surface area contributed by atoms with Gasteiger partial charge in [-0.1, -0.05) is 25.1 Å². The number of methoxy groups -OCH3 is 1. The van der Waals surface area contributed by atoms with Crippen LogP contribution in [0.2, 0.25) is 0 Å². The van der Waals surface area contributed by atoms with E-state index in [-0.39, 0.29) is 6.04 Å². The zero-order valence-corrected chi connectivity index (χ0v) is 14.0. The molecule has 1 aliphatic rings. The number of alkyl halides is 2. The molecule has 3 rings (SSSR count). The Morgan fingerprint density at radius 2 is 2.08 bits per heavy atom. The standard InChI is InChI=1S/C18H23F2N3O/c1-13-7-9-22(12-14-8-10-23(21-14)18(19)20)16(11-13)15-5-3-4-6-17(15)24-2/h3-6,8,10,13,16,18H,7,9,11-12H2,1-2H3/t13-,16+/m0/s1. The second-order valence-electron chi connectivity index (χ2n) is 6.42. The maximum atomic E-state index is 12.7. The van der Waals surface area contributed by atoms with Crippen molar-refractivity contribution in [1.29, 1.82) is 0 Å². The van der Waals surface area contributed by atoms with Gasteiger partial charge in [-0.2, -0.15) is 13.9 Å². The Labute approximate surface area is 141 Å². The smallest absolute Gasteiger partial charge is 0.333 e. The molecule has 0 bridgehead atoms. The monoisotopic (exact) mass is 335 g/mol. The third-order valence-corrected chi connectivity index (χ3v) is 4.70. The number of piperidine rings is 1. The molecule has 0 spiro atoms. The molecule has 2 atom stereocenters. The number of nitrogens with zero attached hydrogens (tertiary/aromatic N) is 3. The number of hydrogen-bond donors (Lipinski definition) is 0. The van der Waals surface area contributed by atoms with Gasteiger partial charge < -0.3 is 4.74 Å². The Kier molecular flexibility index (Phi) is 5.14. The minimum absolute atomic E-state index is 0.210. The van der Waals surface area contributed by atoms with Crippen LogP contribution in [-0.2, 0) is 6.54 Å². The lowest BCUT2D eigenvalue weighted by Crippen LogP contribution is -2.36. The molecule has 6 heteroatoms. The minimum atomic E-state index is -2.59. The molecule has 130 valence electrons. The molecule has 2 heterocycles. The molecular weight excluding hydrogens is 312 g/mol. The number of likely N-dealkylation sites (tertiary alicyclic amines) is 1. The molecule has 1 saturated heterocycles. The molecule has 0 N–H and O–H groups in total. The minimum Gasteiger partial charge on any atom is -0.496 e. The molecule has 0 amide bonds. The Morgan fingerprint density at radius 1 is 1.29 bits per heavy atom. The average molecular weight is 335 g/mol. The zero-order chi connectivity index (χ0) is 17.1. The predicted octanol–water partition coefficient (Wildman–Crippen LogP) is 4.26. The molecule has 0 aliphatic carbocycles. The number of halogens is 2. The summed E-state index contributed by atoms with van der Waals surface area (Å²) in [7, 11) is 1.68. The third-order valence-electron chi connectivity index (χ3n) is 4.70. The number of aromatic nitrogens is 2. The van der Waals surface area contributed by atoms with Crippen molar-refractivity contribution in [1.82, 2.24) is 14.7 Å². The Balaban J connectivity index is 1.83. The van der Waals surface area contributed by atoms with Crippen molar-refractivity contribution < 1.29 is 13.5 Å². The summed E-state index contributed by atoms with van der Waals surface area (Å²) < 4.78 is 31.7. The highest BCUT2D eigenvalue weighted by Gasteiger charge is 2.30. The maximum Gasteiger partial charge on any atom is 0.333 e. The quantitative estimate of drug-likeness (QED) is 0.818. The van der Waals surface area contributed by atoms with Crippen LogP contribution < -0.4 is 4.74 Å². The number of hydrogen-bond acceptors (Lipinski definition) is 3. The fourth-order valence-corrected chi connectivity index (χ4v) is 3.42. The molecule has 1 fully saturated rings. The highest BCUT2D eigenvalue weighted by molar-refractivity contribution is 5.36. The normalized spacial score (nSPS) is 22.0. The van der Waals surface area contributed by atoms with Crippen LogP contribution in [0, 0.1) is 5.92 Å². The van der Waals surface area contributed by atoms with Crippen LogP contribution in [0.1, 0.15) is 43.6 Å². The number of rotatable bonds is 5. The van der Waals surface area contributed by atoms with Crippen LogP contribution in [-0.4, -0.2) is 28.3 Å². The van der Waals surface area contributed by atoms with Gasteiger partial charge >= 0.3 is 6.55 Å². The van der Waals surface area contributed by atoms with Crippen LogP contribution in [0.15, 0.2) is 36.5 Å². The number of benzene rings is 1. The van der Waals surface area contributed by atoms with Gasteiger partial charge in [-0.3, -0.25) is 4.90 Å². The number of para-hydroxylation sites is 1. The van der Waals surface area contributed by atoms with Gasteiger partial charge in [0.05, 0.1) is 12.8 Å². The van der Waals surface area contributed by atoms with Crippen molar-refractivity contribution in [2.45, 2.75) is 38.9 Å². The van der Waals surface area contributed by atoms with Gasteiger partial charge in [-0.05, 0) is 37.4 Å². The van der Waals surface area contributed by atoms with Gasteiger partial charge in [-0.25, -0.2) is 4.68 Å². The third kappa shape index (κ3) is 3.59. The van der Waals surface area contributed by atoms with Gasteiger partial charge in [-0.15, -0.1) is 0 Å². The topological polar surface area (TPSA) is 30.3 Å².